The maximum atomic E-state index is 10.7. The van der Waals surface area contributed by atoms with Gasteiger partial charge in [-0.3, -0.25) is 0 Å². The first kappa shape index (κ1) is 11.2. The summed E-state index contributed by atoms with van der Waals surface area (Å²) in [7, 11) is 0. The van der Waals surface area contributed by atoms with Gasteiger partial charge < -0.3 is 15.8 Å². The first-order chi connectivity index (χ1) is 7.65. The van der Waals surface area contributed by atoms with E-state index >= 15 is 0 Å². The van der Waals surface area contributed by atoms with Crippen LogP contribution < -0.4 is 11.1 Å². The van der Waals surface area contributed by atoms with E-state index in [0.717, 1.165) is 12.1 Å². The monoisotopic (exact) mass is 240 g/mol. The van der Waals surface area contributed by atoms with Crippen molar-refractivity contribution < 1.29 is 9.53 Å². The fourth-order valence-electron chi connectivity index (χ4n) is 1.89. The quantitative estimate of drug-likeness (QED) is 0.781. The Kier molecular flexibility index (Phi) is 3.31. The summed E-state index contributed by atoms with van der Waals surface area (Å²) < 4.78 is 5.00. The average molecular weight is 241 g/mol. The lowest BCUT2D eigenvalue weighted by atomic mass is 10.0. The van der Waals surface area contributed by atoms with Crippen molar-refractivity contribution in [2.24, 2.45) is 5.73 Å². The predicted octanol–water partition coefficient (Wildman–Crippen LogP) is 1.45. The molecule has 0 saturated heterocycles. The molecule has 1 aromatic rings. The number of ether oxygens (including phenoxy) is 1. The molecule has 5 heteroatoms. The molecule has 1 aromatic carbocycles. The van der Waals surface area contributed by atoms with Crippen LogP contribution in [0.1, 0.15) is 11.1 Å². The summed E-state index contributed by atoms with van der Waals surface area (Å²) in [5, 5.41) is 3.90. The Hall–Kier alpha value is -1.26. The van der Waals surface area contributed by atoms with Crippen molar-refractivity contribution in [2.75, 3.05) is 6.54 Å². The van der Waals surface area contributed by atoms with E-state index < -0.39 is 6.09 Å². The van der Waals surface area contributed by atoms with Crippen molar-refractivity contribution in [2.45, 2.75) is 19.1 Å². The Morgan fingerprint density at radius 3 is 3.06 bits per heavy atom. The molecule has 1 unspecified atom stereocenters. The fraction of sp³-hybridized carbons (Fsp3) is 0.364. The second-order valence-electron chi connectivity index (χ2n) is 3.81. The molecule has 0 fully saturated rings. The highest BCUT2D eigenvalue weighted by Gasteiger charge is 2.18. The van der Waals surface area contributed by atoms with Gasteiger partial charge in [-0.05, 0) is 23.3 Å². The van der Waals surface area contributed by atoms with E-state index in [4.69, 9.17) is 22.1 Å². The summed E-state index contributed by atoms with van der Waals surface area (Å²) in [5.74, 6) is 0. The van der Waals surface area contributed by atoms with E-state index in [9.17, 15) is 4.79 Å². The van der Waals surface area contributed by atoms with Crippen LogP contribution in [-0.2, 0) is 17.7 Å². The van der Waals surface area contributed by atoms with Crippen LogP contribution in [-0.4, -0.2) is 18.7 Å². The summed E-state index contributed by atoms with van der Waals surface area (Å²) in [6.45, 7) is 1.36. The number of fused-ring (bicyclic) bond motifs is 1. The van der Waals surface area contributed by atoms with Crippen LogP contribution in [0, 0.1) is 0 Å². The molecule has 1 aliphatic heterocycles. The SMILES string of the molecule is NC(=O)OC1CNCc2ccc(Cl)cc2C1. The van der Waals surface area contributed by atoms with Crippen molar-refractivity contribution in [3.05, 3.63) is 34.3 Å². The Morgan fingerprint density at radius 2 is 2.31 bits per heavy atom. The predicted molar refractivity (Wildman–Crippen MR) is 61.3 cm³/mol. The molecule has 1 amide bonds. The summed E-state index contributed by atoms with van der Waals surface area (Å²) in [5.41, 5.74) is 7.29. The molecule has 0 spiro atoms. The number of nitrogens with two attached hydrogens (primary N) is 1. The highest BCUT2D eigenvalue weighted by Crippen LogP contribution is 2.20. The molecule has 2 rings (SSSR count). The molecule has 0 radical (unpaired) electrons. The number of halogens is 1. The Labute approximate surface area is 98.7 Å². The van der Waals surface area contributed by atoms with Gasteiger partial charge in [0.1, 0.15) is 6.10 Å². The molecule has 3 N–H and O–H groups in total. The second-order valence-corrected chi connectivity index (χ2v) is 4.24. The van der Waals surface area contributed by atoms with E-state index in [0.29, 0.717) is 18.0 Å². The molecular weight excluding hydrogens is 228 g/mol. The van der Waals surface area contributed by atoms with Gasteiger partial charge in [0.2, 0.25) is 0 Å². The lowest BCUT2D eigenvalue weighted by Crippen LogP contribution is -2.32. The molecule has 1 aliphatic rings. The van der Waals surface area contributed by atoms with Crippen molar-refractivity contribution in [1.82, 2.24) is 5.32 Å². The summed E-state index contributed by atoms with van der Waals surface area (Å²) in [6.07, 6.45) is -0.319. The minimum absolute atomic E-state index is 0.225. The Bertz CT molecular complexity index is 409. The third-order valence-corrected chi connectivity index (χ3v) is 2.82. The smallest absolute Gasteiger partial charge is 0.404 e. The highest BCUT2D eigenvalue weighted by molar-refractivity contribution is 6.30. The van der Waals surface area contributed by atoms with E-state index in [1.54, 1.807) is 0 Å². The molecule has 0 aromatic heterocycles. The van der Waals surface area contributed by atoms with Crippen molar-refractivity contribution in [3.63, 3.8) is 0 Å². The summed E-state index contributed by atoms with van der Waals surface area (Å²) in [6, 6.07) is 5.75. The zero-order valence-corrected chi connectivity index (χ0v) is 9.46. The first-order valence-electron chi connectivity index (χ1n) is 5.09. The van der Waals surface area contributed by atoms with E-state index in [-0.39, 0.29) is 6.10 Å². The maximum absolute atomic E-state index is 10.7. The van der Waals surface area contributed by atoms with Crippen LogP contribution in [0.2, 0.25) is 5.02 Å². The minimum atomic E-state index is -0.739. The highest BCUT2D eigenvalue weighted by atomic mass is 35.5. The Morgan fingerprint density at radius 1 is 1.50 bits per heavy atom. The van der Waals surface area contributed by atoms with Gasteiger partial charge in [-0.25, -0.2) is 4.79 Å². The van der Waals surface area contributed by atoms with Gasteiger partial charge in [0.05, 0.1) is 0 Å². The normalized spacial score (nSPS) is 19.7. The lowest BCUT2D eigenvalue weighted by molar-refractivity contribution is 0.107. The molecule has 1 heterocycles. The second kappa shape index (κ2) is 4.72. The van der Waals surface area contributed by atoms with Crippen LogP contribution >= 0.6 is 11.6 Å². The number of nitrogens with one attached hydrogen (secondary N) is 1. The van der Waals surface area contributed by atoms with Gasteiger partial charge in [-0.1, -0.05) is 17.7 Å². The first-order valence-corrected chi connectivity index (χ1v) is 5.47. The molecular formula is C11H13ClN2O2. The van der Waals surface area contributed by atoms with Crippen LogP contribution in [0.5, 0.6) is 0 Å². The molecule has 86 valence electrons. The Balaban J connectivity index is 2.19. The van der Waals surface area contributed by atoms with Gasteiger partial charge in [0.25, 0.3) is 0 Å². The van der Waals surface area contributed by atoms with Gasteiger partial charge in [-0.15, -0.1) is 0 Å². The van der Waals surface area contributed by atoms with E-state index in [1.807, 2.05) is 18.2 Å². The minimum Gasteiger partial charge on any atom is -0.445 e. The number of hydrogen-bond acceptors (Lipinski definition) is 3. The number of hydrogen-bond donors (Lipinski definition) is 2. The van der Waals surface area contributed by atoms with E-state index in [1.165, 1.54) is 5.56 Å². The maximum Gasteiger partial charge on any atom is 0.404 e. The number of primary amides is 1. The summed E-state index contributed by atoms with van der Waals surface area (Å²) in [4.78, 5) is 10.7. The molecule has 4 nitrogen and oxygen atoms in total. The zero-order chi connectivity index (χ0) is 11.5. The number of benzene rings is 1. The fourth-order valence-corrected chi connectivity index (χ4v) is 2.08. The van der Waals surface area contributed by atoms with Crippen LogP contribution in [0.25, 0.3) is 0 Å². The van der Waals surface area contributed by atoms with E-state index in [2.05, 4.69) is 5.32 Å². The van der Waals surface area contributed by atoms with Gasteiger partial charge in [0.15, 0.2) is 0 Å². The van der Waals surface area contributed by atoms with Crippen LogP contribution in [0.4, 0.5) is 4.79 Å². The number of carbonyl (C=O) groups excluding carboxylic acids is 1. The molecule has 0 bridgehead atoms. The number of amides is 1. The van der Waals surface area contributed by atoms with Crippen molar-refractivity contribution >= 4 is 17.7 Å². The van der Waals surface area contributed by atoms with Crippen molar-refractivity contribution in [1.29, 1.82) is 0 Å². The molecule has 1 atom stereocenters. The topological polar surface area (TPSA) is 64.4 Å². The average Bonchev–Trinajstić information content (AvgIpc) is 2.37. The zero-order valence-electron chi connectivity index (χ0n) is 8.70. The molecule has 0 aliphatic carbocycles. The van der Waals surface area contributed by atoms with Crippen molar-refractivity contribution in [3.8, 4) is 0 Å². The molecule has 0 saturated carbocycles. The number of rotatable bonds is 1. The van der Waals surface area contributed by atoms with Gasteiger partial charge in [-0.2, -0.15) is 0 Å². The van der Waals surface area contributed by atoms with Crippen LogP contribution in [0.15, 0.2) is 18.2 Å². The number of carbonyl (C=O) groups is 1. The van der Waals surface area contributed by atoms with Gasteiger partial charge >= 0.3 is 6.09 Å². The van der Waals surface area contributed by atoms with Gasteiger partial charge in [0, 0.05) is 24.5 Å². The largest absolute Gasteiger partial charge is 0.445 e. The standard InChI is InChI=1S/C11H13ClN2O2/c12-9-2-1-7-5-14-6-10(16-11(13)15)4-8(7)3-9/h1-3,10,14H,4-6H2,(H2,13,15). The third-order valence-electron chi connectivity index (χ3n) is 2.59. The summed E-state index contributed by atoms with van der Waals surface area (Å²) >= 11 is 5.93. The lowest BCUT2D eigenvalue weighted by Gasteiger charge is -2.14. The van der Waals surface area contributed by atoms with Crippen LogP contribution in [0.3, 0.4) is 0 Å². The third kappa shape index (κ3) is 2.65. The molecule has 16 heavy (non-hydrogen) atoms.